The summed E-state index contributed by atoms with van der Waals surface area (Å²) in [6.45, 7) is 2.82. The Bertz CT molecular complexity index is 964. The number of nitrogens with zero attached hydrogens (tertiary/aromatic N) is 2. The quantitative estimate of drug-likeness (QED) is 0.699. The molecule has 0 radical (unpaired) electrons. The number of Topliss-reactive ketones (excluding diaryl/α,β-unsaturated/α-hetero) is 1. The molecule has 4 aliphatic rings. The summed E-state index contributed by atoms with van der Waals surface area (Å²) in [5, 5.41) is 3.05. The van der Waals surface area contributed by atoms with Gasteiger partial charge in [-0.3, -0.25) is 19.4 Å². The molecule has 4 saturated heterocycles. The number of piperidine rings is 3. The summed E-state index contributed by atoms with van der Waals surface area (Å²) >= 11 is 0. The summed E-state index contributed by atoms with van der Waals surface area (Å²) in [7, 11) is 0. The summed E-state index contributed by atoms with van der Waals surface area (Å²) < 4.78 is 0. The smallest absolute Gasteiger partial charge is 0.221 e. The first kappa shape index (κ1) is 24.2. The Hall–Kier alpha value is -2.50. The summed E-state index contributed by atoms with van der Waals surface area (Å²) in [5.74, 6) is 0.700. The number of carbonyl (C=O) groups is 2. The lowest BCUT2D eigenvalue weighted by Crippen LogP contribution is -2.51. The van der Waals surface area contributed by atoms with E-state index in [0.29, 0.717) is 36.4 Å². The second-order valence-electron chi connectivity index (χ2n) is 10.7. The molecule has 35 heavy (non-hydrogen) atoms. The molecule has 0 saturated carbocycles. The minimum atomic E-state index is 0.225. The number of nitrogens with one attached hydrogen (secondary N) is 1. The number of hydrogen-bond acceptors (Lipinski definition) is 4. The van der Waals surface area contributed by atoms with Gasteiger partial charge >= 0.3 is 0 Å². The summed E-state index contributed by atoms with van der Waals surface area (Å²) in [5.41, 5.74) is 2.72. The fourth-order valence-corrected chi connectivity index (χ4v) is 6.55. The zero-order valence-corrected chi connectivity index (χ0v) is 20.8. The van der Waals surface area contributed by atoms with Crippen molar-refractivity contribution in [1.29, 1.82) is 0 Å². The van der Waals surface area contributed by atoms with Crippen molar-refractivity contribution in [3.05, 3.63) is 71.8 Å². The van der Waals surface area contributed by atoms with Crippen molar-refractivity contribution in [2.45, 2.75) is 95.0 Å². The highest BCUT2D eigenvalue weighted by atomic mass is 16.1. The second kappa shape index (κ2) is 11.5. The van der Waals surface area contributed by atoms with E-state index in [1.54, 1.807) is 0 Å². The number of carbonyl (C=O) groups excluding carboxylic acids is 2. The van der Waals surface area contributed by atoms with Gasteiger partial charge in [0.05, 0.1) is 0 Å². The predicted molar refractivity (Wildman–Crippen MR) is 139 cm³/mol. The molecule has 4 aliphatic heterocycles. The number of benzene rings is 2. The normalized spacial score (nSPS) is 28.9. The molecule has 0 aromatic heterocycles. The average Bonchev–Trinajstić information content (AvgIpc) is 2.93. The second-order valence-corrected chi connectivity index (χ2v) is 10.7. The lowest BCUT2D eigenvalue weighted by molar-refractivity contribution is -0.127. The van der Waals surface area contributed by atoms with Crippen LogP contribution in [0.15, 0.2) is 60.7 Å². The molecule has 0 spiro atoms. The third kappa shape index (κ3) is 6.20. The van der Waals surface area contributed by atoms with E-state index in [1.807, 2.05) is 0 Å². The van der Waals surface area contributed by atoms with E-state index in [9.17, 15) is 9.59 Å². The lowest BCUT2D eigenvalue weighted by Gasteiger charge is -2.45. The average molecular weight is 474 g/mol. The van der Waals surface area contributed by atoms with Gasteiger partial charge in [0.15, 0.2) is 0 Å². The van der Waals surface area contributed by atoms with E-state index in [0.717, 1.165) is 38.9 Å². The van der Waals surface area contributed by atoms with Crippen LogP contribution in [0.4, 0.5) is 0 Å². The number of ketones is 1. The summed E-state index contributed by atoms with van der Waals surface area (Å²) in [6.07, 6.45) is 9.57. The van der Waals surface area contributed by atoms with Crippen molar-refractivity contribution in [2.75, 3.05) is 6.54 Å². The van der Waals surface area contributed by atoms with Gasteiger partial charge in [-0.2, -0.15) is 0 Å². The van der Waals surface area contributed by atoms with Crippen LogP contribution in [-0.2, 0) is 22.7 Å². The van der Waals surface area contributed by atoms with Gasteiger partial charge in [0.1, 0.15) is 5.78 Å². The molecular formula is C30H39N3O2. The minimum Gasteiger partial charge on any atom is -0.354 e. The molecular weight excluding hydrogens is 434 g/mol. The lowest BCUT2D eigenvalue weighted by atomic mass is 9.83. The molecule has 6 rings (SSSR count). The first-order chi connectivity index (χ1) is 17.2. The maximum atomic E-state index is 11.7. The van der Waals surface area contributed by atoms with Crippen LogP contribution in [0.1, 0.15) is 68.9 Å². The van der Waals surface area contributed by atoms with E-state index in [1.165, 1.54) is 43.2 Å². The standard InChI is InChI=1S/C15H20N2O.C15H19NO/c18-15-9-13-7-4-8-14(10-16-15)17(13)11-12-5-2-1-3-6-12;17-15-9-13-7-4-8-14(10-15)16(13)11-12-5-2-1-3-6-12/h1-3,5-6,13-14H,4,7-11H2,(H,16,18);1-3,5-6,13-14H,4,7-11H2. The third-order valence-corrected chi connectivity index (χ3v) is 8.32. The Morgan fingerprint density at radius 3 is 1.63 bits per heavy atom. The van der Waals surface area contributed by atoms with Crippen molar-refractivity contribution < 1.29 is 9.59 Å². The van der Waals surface area contributed by atoms with Crippen LogP contribution in [0, 0.1) is 0 Å². The van der Waals surface area contributed by atoms with Gasteiger partial charge in [-0.15, -0.1) is 0 Å². The zero-order chi connectivity index (χ0) is 24.0. The number of fused-ring (bicyclic) bond motifs is 4. The van der Waals surface area contributed by atoms with Gasteiger partial charge in [0, 0.05) is 63.1 Å². The van der Waals surface area contributed by atoms with Crippen LogP contribution in [0.25, 0.3) is 0 Å². The molecule has 186 valence electrons. The van der Waals surface area contributed by atoms with E-state index < -0.39 is 0 Å². The Labute approximate surface area is 209 Å². The Morgan fingerprint density at radius 1 is 0.629 bits per heavy atom. The Morgan fingerprint density at radius 2 is 1.09 bits per heavy atom. The molecule has 4 fully saturated rings. The molecule has 4 heterocycles. The van der Waals surface area contributed by atoms with Crippen LogP contribution >= 0.6 is 0 Å². The number of amides is 1. The summed E-state index contributed by atoms with van der Waals surface area (Å²) in [4.78, 5) is 28.4. The van der Waals surface area contributed by atoms with Crippen molar-refractivity contribution in [3.63, 3.8) is 0 Å². The third-order valence-electron chi connectivity index (χ3n) is 8.32. The van der Waals surface area contributed by atoms with Crippen molar-refractivity contribution in [1.82, 2.24) is 15.1 Å². The van der Waals surface area contributed by atoms with Crippen LogP contribution in [-0.4, -0.2) is 52.2 Å². The van der Waals surface area contributed by atoms with E-state index >= 15 is 0 Å². The van der Waals surface area contributed by atoms with Gasteiger partial charge < -0.3 is 5.32 Å². The highest BCUT2D eigenvalue weighted by molar-refractivity contribution is 5.80. The van der Waals surface area contributed by atoms with Gasteiger partial charge in [0.25, 0.3) is 0 Å². The highest BCUT2D eigenvalue weighted by Gasteiger charge is 2.37. The first-order valence-corrected chi connectivity index (χ1v) is 13.5. The van der Waals surface area contributed by atoms with E-state index in [2.05, 4.69) is 75.8 Å². The molecule has 2 aromatic rings. The fraction of sp³-hybridized carbons (Fsp3) is 0.533. The van der Waals surface area contributed by atoms with Gasteiger partial charge in [-0.25, -0.2) is 0 Å². The molecule has 2 aromatic carbocycles. The molecule has 0 aliphatic carbocycles. The van der Waals surface area contributed by atoms with Gasteiger partial charge in [-0.05, 0) is 36.8 Å². The number of rotatable bonds is 4. The molecule has 5 heteroatoms. The summed E-state index contributed by atoms with van der Waals surface area (Å²) in [6, 6.07) is 23.2. The van der Waals surface area contributed by atoms with E-state index in [-0.39, 0.29) is 5.91 Å². The first-order valence-electron chi connectivity index (χ1n) is 13.5. The van der Waals surface area contributed by atoms with Crippen LogP contribution < -0.4 is 5.32 Å². The maximum Gasteiger partial charge on any atom is 0.221 e. The predicted octanol–water partition coefficient (Wildman–Crippen LogP) is 4.70. The van der Waals surface area contributed by atoms with Gasteiger partial charge in [0.2, 0.25) is 5.91 Å². The Balaban J connectivity index is 0.000000145. The maximum absolute atomic E-state index is 11.7. The van der Waals surface area contributed by atoms with Gasteiger partial charge in [-0.1, -0.05) is 73.5 Å². The van der Waals surface area contributed by atoms with E-state index in [4.69, 9.17) is 0 Å². The molecule has 1 amide bonds. The Kier molecular flexibility index (Phi) is 7.95. The molecule has 5 nitrogen and oxygen atoms in total. The molecule has 4 bridgehead atoms. The largest absolute Gasteiger partial charge is 0.354 e. The minimum absolute atomic E-state index is 0.225. The van der Waals surface area contributed by atoms with Crippen molar-refractivity contribution >= 4 is 11.7 Å². The highest BCUT2D eigenvalue weighted by Crippen LogP contribution is 2.33. The zero-order valence-electron chi connectivity index (χ0n) is 20.8. The molecule has 4 atom stereocenters. The molecule has 4 unspecified atom stereocenters. The number of hydrogen-bond donors (Lipinski definition) is 1. The van der Waals surface area contributed by atoms with Crippen molar-refractivity contribution in [3.8, 4) is 0 Å². The van der Waals surface area contributed by atoms with Crippen molar-refractivity contribution in [2.24, 2.45) is 0 Å². The molecule has 1 N–H and O–H groups in total. The van der Waals surface area contributed by atoms with Crippen LogP contribution in [0.3, 0.4) is 0 Å². The fourth-order valence-electron chi connectivity index (χ4n) is 6.55. The monoisotopic (exact) mass is 473 g/mol. The SMILES string of the molecule is O=C1CC2CCCC(C1)N2Cc1ccccc1.O=C1CC2CCCC(CN1)N2Cc1ccccc1. The van der Waals surface area contributed by atoms with Crippen LogP contribution in [0.5, 0.6) is 0 Å². The topological polar surface area (TPSA) is 52.7 Å². The van der Waals surface area contributed by atoms with Crippen LogP contribution in [0.2, 0.25) is 0 Å².